The number of nitrogens with zero attached hydrogens (tertiary/aromatic N) is 1. The molecule has 0 fully saturated rings. The first-order valence-corrected chi connectivity index (χ1v) is 3.93. The standard InChI is InChI=1S/C9H8ClNO2/c1-7(10)11(9(12)13)8-5-3-2-4-6-8/h2-6H,1H2,(H,12,13). The summed E-state index contributed by atoms with van der Waals surface area (Å²) in [6.07, 6.45) is -1.15. The number of benzene rings is 1. The van der Waals surface area contributed by atoms with Gasteiger partial charge in [0.2, 0.25) is 0 Å². The highest BCUT2D eigenvalue weighted by atomic mass is 35.5. The number of carbonyl (C=O) groups is 1. The molecule has 1 amide bonds. The molecule has 0 atom stereocenters. The van der Waals surface area contributed by atoms with Crippen molar-refractivity contribution in [1.29, 1.82) is 0 Å². The smallest absolute Gasteiger partial charge is 0.417 e. The third kappa shape index (κ3) is 2.23. The summed E-state index contributed by atoms with van der Waals surface area (Å²) in [4.78, 5) is 11.6. The van der Waals surface area contributed by atoms with E-state index < -0.39 is 6.09 Å². The number of carboxylic acid groups (broad SMARTS) is 1. The van der Waals surface area contributed by atoms with Gasteiger partial charge in [0.15, 0.2) is 0 Å². The lowest BCUT2D eigenvalue weighted by molar-refractivity contribution is 0.204. The van der Waals surface area contributed by atoms with Crippen LogP contribution >= 0.6 is 11.6 Å². The highest BCUT2D eigenvalue weighted by molar-refractivity contribution is 6.32. The Balaban J connectivity index is 3.03. The molecule has 0 unspecified atom stereocenters. The van der Waals surface area contributed by atoms with Gasteiger partial charge in [-0.25, -0.2) is 9.69 Å². The molecule has 0 heterocycles. The first-order chi connectivity index (χ1) is 6.13. The lowest BCUT2D eigenvalue weighted by atomic mass is 10.3. The predicted octanol–water partition coefficient (Wildman–Crippen LogP) is 2.88. The number of rotatable bonds is 2. The molecule has 0 aromatic heterocycles. The van der Waals surface area contributed by atoms with Crippen LogP contribution in [0.4, 0.5) is 10.5 Å². The minimum atomic E-state index is -1.15. The zero-order valence-electron chi connectivity index (χ0n) is 6.77. The molecule has 0 aliphatic carbocycles. The Morgan fingerprint density at radius 3 is 2.31 bits per heavy atom. The average Bonchev–Trinajstić information content (AvgIpc) is 2.04. The summed E-state index contributed by atoms with van der Waals surface area (Å²) >= 11 is 5.52. The molecular formula is C9H8ClNO2. The molecule has 1 aromatic rings. The van der Waals surface area contributed by atoms with Crippen LogP contribution in [0.25, 0.3) is 0 Å². The number of anilines is 1. The molecule has 68 valence electrons. The lowest BCUT2D eigenvalue weighted by Crippen LogP contribution is -2.25. The fraction of sp³-hybridized carbons (Fsp3) is 0. The van der Waals surface area contributed by atoms with Gasteiger partial charge in [-0.15, -0.1) is 0 Å². The van der Waals surface area contributed by atoms with Crippen LogP contribution in [0.2, 0.25) is 0 Å². The van der Waals surface area contributed by atoms with Gasteiger partial charge in [-0.05, 0) is 12.1 Å². The van der Waals surface area contributed by atoms with Gasteiger partial charge in [0, 0.05) is 0 Å². The van der Waals surface area contributed by atoms with Gasteiger partial charge in [-0.1, -0.05) is 36.4 Å². The van der Waals surface area contributed by atoms with Gasteiger partial charge in [0.25, 0.3) is 0 Å². The second kappa shape index (κ2) is 3.96. The molecule has 0 aliphatic heterocycles. The Kier molecular flexibility index (Phi) is 2.93. The van der Waals surface area contributed by atoms with E-state index in [-0.39, 0.29) is 5.16 Å². The van der Waals surface area contributed by atoms with Crippen LogP contribution in [0.5, 0.6) is 0 Å². The number of amides is 1. The second-order valence-corrected chi connectivity index (χ2v) is 2.77. The van der Waals surface area contributed by atoms with Crippen molar-refractivity contribution in [1.82, 2.24) is 0 Å². The molecule has 0 saturated heterocycles. The zero-order valence-corrected chi connectivity index (χ0v) is 7.53. The summed E-state index contributed by atoms with van der Waals surface area (Å²) in [6.45, 7) is 3.36. The van der Waals surface area contributed by atoms with E-state index in [9.17, 15) is 4.79 Å². The largest absolute Gasteiger partial charge is 0.464 e. The van der Waals surface area contributed by atoms with Gasteiger partial charge in [-0.3, -0.25) is 0 Å². The first-order valence-electron chi connectivity index (χ1n) is 3.55. The molecule has 0 aliphatic rings. The summed E-state index contributed by atoms with van der Waals surface area (Å²) in [7, 11) is 0. The predicted molar refractivity (Wildman–Crippen MR) is 51.9 cm³/mol. The van der Waals surface area contributed by atoms with Crippen LogP contribution in [0, 0.1) is 0 Å². The summed E-state index contributed by atoms with van der Waals surface area (Å²) in [5, 5.41) is 8.73. The van der Waals surface area contributed by atoms with Gasteiger partial charge >= 0.3 is 6.09 Å². The van der Waals surface area contributed by atoms with Crippen LogP contribution in [-0.4, -0.2) is 11.2 Å². The van der Waals surface area contributed by atoms with Crippen molar-refractivity contribution < 1.29 is 9.90 Å². The van der Waals surface area contributed by atoms with E-state index in [1.807, 2.05) is 0 Å². The normalized spacial score (nSPS) is 9.31. The van der Waals surface area contributed by atoms with Crippen molar-refractivity contribution in [2.75, 3.05) is 4.90 Å². The van der Waals surface area contributed by atoms with E-state index in [1.165, 1.54) is 0 Å². The number of halogens is 1. The summed E-state index contributed by atoms with van der Waals surface area (Å²) in [5.74, 6) is 0. The van der Waals surface area contributed by atoms with E-state index in [0.29, 0.717) is 5.69 Å². The molecule has 0 radical (unpaired) electrons. The quantitative estimate of drug-likeness (QED) is 0.741. The van der Waals surface area contributed by atoms with Crippen molar-refractivity contribution in [2.45, 2.75) is 0 Å². The van der Waals surface area contributed by atoms with Crippen molar-refractivity contribution in [3.8, 4) is 0 Å². The Bertz CT molecular complexity index is 310. The fourth-order valence-electron chi connectivity index (χ4n) is 0.931. The lowest BCUT2D eigenvalue weighted by Gasteiger charge is -2.16. The van der Waals surface area contributed by atoms with Gasteiger partial charge in [-0.2, -0.15) is 0 Å². The maximum absolute atomic E-state index is 10.7. The maximum atomic E-state index is 10.7. The van der Waals surface area contributed by atoms with E-state index in [1.54, 1.807) is 30.3 Å². The molecule has 0 bridgehead atoms. The topological polar surface area (TPSA) is 40.5 Å². The summed E-state index contributed by atoms with van der Waals surface area (Å²) in [5.41, 5.74) is 0.481. The monoisotopic (exact) mass is 197 g/mol. The van der Waals surface area contributed by atoms with Crippen LogP contribution in [0.1, 0.15) is 0 Å². The average molecular weight is 198 g/mol. The van der Waals surface area contributed by atoms with E-state index in [4.69, 9.17) is 16.7 Å². The van der Waals surface area contributed by atoms with Crippen LogP contribution in [0.15, 0.2) is 42.1 Å². The first kappa shape index (κ1) is 9.61. The number of para-hydroxylation sites is 1. The van der Waals surface area contributed by atoms with Crippen LogP contribution < -0.4 is 4.90 Å². The SMILES string of the molecule is C=C(Cl)N(C(=O)O)c1ccccc1. The Morgan fingerprint density at radius 1 is 1.38 bits per heavy atom. The van der Waals surface area contributed by atoms with Crippen molar-refractivity contribution in [3.63, 3.8) is 0 Å². The molecule has 1 aromatic carbocycles. The van der Waals surface area contributed by atoms with E-state index in [2.05, 4.69) is 6.58 Å². The highest BCUT2D eigenvalue weighted by Crippen LogP contribution is 2.19. The highest BCUT2D eigenvalue weighted by Gasteiger charge is 2.15. The van der Waals surface area contributed by atoms with Crippen molar-refractivity contribution in [2.24, 2.45) is 0 Å². The second-order valence-electron chi connectivity index (χ2n) is 2.33. The number of hydrogen-bond acceptors (Lipinski definition) is 1. The van der Waals surface area contributed by atoms with Crippen molar-refractivity contribution >= 4 is 23.4 Å². The zero-order chi connectivity index (χ0) is 9.84. The molecule has 0 spiro atoms. The Hall–Kier alpha value is -1.48. The minimum absolute atomic E-state index is 0.0429. The van der Waals surface area contributed by atoms with Crippen LogP contribution in [0.3, 0.4) is 0 Å². The molecule has 1 rings (SSSR count). The fourth-order valence-corrected chi connectivity index (χ4v) is 1.10. The molecule has 13 heavy (non-hydrogen) atoms. The minimum Gasteiger partial charge on any atom is -0.464 e. The molecule has 0 saturated carbocycles. The molecular weight excluding hydrogens is 190 g/mol. The van der Waals surface area contributed by atoms with Crippen molar-refractivity contribution in [3.05, 3.63) is 42.1 Å². The Morgan fingerprint density at radius 2 is 1.92 bits per heavy atom. The third-order valence-corrected chi connectivity index (χ3v) is 1.62. The molecule has 3 nitrogen and oxygen atoms in total. The van der Waals surface area contributed by atoms with E-state index in [0.717, 1.165) is 4.90 Å². The Labute approximate surface area is 80.9 Å². The summed E-state index contributed by atoms with van der Waals surface area (Å²) < 4.78 is 0. The van der Waals surface area contributed by atoms with E-state index >= 15 is 0 Å². The van der Waals surface area contributed by atoms with Gasteiger partial charge in [0.1, 0.15) is 5.16 Å². The van der Waals surface area contributed by atoms with Gasteiger partial charge < -0.3 is 5.11 Å². The van der Waals surface area contributed by atoms with Crippen LogP contribution in [-0.2, 0) is 0 Å². The third-order valence-electron chi connectivity index (χ3n) is 1.45. The molecule has 1 N–H and O–H groups in total. The molecule has 4 heteroatoms. The van der Waals surface area contributed by atoms with Gasteiger partial charge in [0.05, 0.1) is 5.69 Å². The number of hydrogen-bond donors (Lipinski definition) is 1. The summed E-state index contributed by atoms with van der Waals surface area (Å²) in [6, 6.07) is 8.53. The maximum Gasteiger partial charge on any atom is 0.417 e.